The summed E-state index contributed by atoms with van der Waals surface area (Å²) in [6, 6.07) is 3.81. The number of rotatable bonds is 4. The van der Waals surface area contributed by atoms with Gasteiger partial charge in [-0.1, -0.05) is 18.5 Å². The van der Waals surface area contributed by atoms with Crippen LogP contribution in [0.1, 0.15) is 23.4 Å². The molecule has 1 atom stereocenters. The Labute approximate surface area is 127 Å². The molecule has 1 aromatic carbocycles. The predicted octanol–water partition coefficient (Wildman–Crippen LogP) is 5.14. The molecule has 0 spiro atoms. The molecule has 1 nitrogen and oxygen atoms in total. The SMILES string of the molecule is CCNC(c1cc(F)c(F)cc1Cl)c1sccc1Br. The predicted molar refractivity (Wildman–Crippen MR) is 78.9 cm³/mol. The highest BCUT2D eigenvalue weighted by Crippen LogP contribution is 2.36. The number of benzene rings is 1. The molecule has 0 saturated carbocycles. The van der Waals surface area contributed by atoms with E-state index >= 15 is 0 Å². The maximum absolute atomic E-state index is 13.4. The third kappa shape index (κ3) is 3.16. The zero-order chi connectivity index (χ0) is 14.0. The van der Waals surface area contributed by atoms with E-state index in [2.05, 4.69) is 21.2 Å². The summed E-state index contributed by atoms with van der Waals surface area (Å²) in [4.78, 5) is 0.981. The molecule has 0 saturated heterocycles. The Balaban J connectivity index is 2.51. The summed E-state index contributed by atoms with van der Waals surface area (Å²) in [5.41, 5.74) is 0.533. The Morgan fingerprint density at radius 3 is 2.63 bits per heavy atom. The Bertz CT molecular complexity index is 588. The van der Waals surface area contributed by atoms with E-state index in [1.807, 2.05) is 18.4 Å². The van der Waals surface area contributed by atoms with Crippen molar-refractivity contribution in [2.45, 2.75) is 13.0 Å². The first kappa shape index (κ1) is 14.9. The molecule has 0 bridgehead atoms. The molecule has 1 heterocycles. The van der Waals surface area contributed by atoms with Gasteiger partial charge in [-0.15, -0.1) is 11.3 Å². The molecule has 0 aliphatic carbocycles. The van der Waals surface area contributed by atoms with Crippen LogP contribution in [0.3, 0.4) is 0 Å². The lowest BCUT2D eigenvalue weighted by Gasteiger charge is -2.19. The van der Waals surface area contributed by atoms with Crippen molar-refractivity contribution in [3.05, 3.63) is 55.1 Å². The zero-order valence-corrected chi connectivity index (χ0v) is 13.2. The van der Waals surface area contributed by atoms with E-state index in [0.717, 1.165) is 21.5 Å². The number of hydrogen-bond donors (Lipinski definition) is 1. The molecule has 19 heavy (non-hydrogen) atoms. The van der Waals surface area contributed by atoms with Crippen LogP contribution in [0.5, 0.6) is 0 Å². The molecule has 0 amide bonds. The van der Waals surface area contributed by atoms with Crippen molar-refractivity contribution in [2.24, 2.45) is 0 Å². The van der Waals surface area contributed by atoms with Gasteiger partial charge in [0, 0.05) is 14.4 Å². The summed E-state index contributed by atoms with van der Waals surface area (Å²) in [5.74, 6) is -1.83. The molecule has 1 aromatic heterocycles. The standard InChI is InChI=1S/C13H11BrClF2NS/c1-2-18-12(13-8(14)3-4-19-13)7-5-10(16)11(17)6-9(7)15/h3-6,12,18H,2H2,1H3. The molecule has 0 aliphatic rings. The summed E-state index contributed by atoms with van der Waals surface area (Å²) in [6.07, 6.45) is 0. The van der Waals surface area contributed by atoms with E-state index in [9.17, 15) is 8.78 Å². The average molecular weight is 367 g/mol. The van der Waals surface area contributed by atoms with Crippen molar-refractivity contribution in [1.29, 1.82) is 0 Å². The number of nitrogens with one attached hydrogen (secondary N) is 1. The average Bonchev–Trinajstić information content (AvgIpc) is 2.77. The van der Waals surface area contributed by atoms with Gasteiger partial charge in [0.05, 0.1) is 6.04 Å². The first-order valence-electron chi connectivity index (χ1n) is 5.65. The van der Waals surface area contributed by atoms with Crippen LogP contribution in [0.25, 0.3) is 0 Å². The van der Waals surface area contributed by atoms with Gasteiger partial charge < -0.3 is 5.32 Å². The number of halogens is 4. The van der Waals surface area contributed by atoms with Crippen molar-refractivity contribution >= 4 is 38.9 Å². The van der Waals surface area contributed by atoms with Gasteiger partial charge in [0.25, 0.3) is 0 Å². The van der Waals surface area contributed by atoms with Crippen molar-refractivity contribution in [3.8, 4) is 0 Å². The summed E-state index contributed by atoms with van der Waals surface area (Å²) >= 11 is 11.0. The molecular formula is C13H11BrClF2NS. The smallest absolute Gasteiger partial charge is 0.160 e. The van der Waals surface area contributed by atoms with Gasteiger partial charge in [0.2, 0.25) is 0 Å². The maximum atomic E-state index is 13.4. The summed E-state index contributed by atoms with van der Waals surface area (Å²) in [6.45, 7) is 2.63. The minimum Gasteiger partial charge on any atom is -0.306 e. The fourth-order valence-corrected chi connectivity index (χ4v) is 3.77. The lowest BCUT2D eigenvalue weighted by Crippen LogP contribution is -2.22. The second kappa shape index (κ2) is 6.31. The van der Waals surface area contributed by atoms with E-state index in [1.165, 1.54) is 11.3 Å². The van der Waals surface area contributed by atoms with Crippen LogP contribution >= 0.6 is 38.9 Å². The second-order valence-corrected chi connectivity index (χ2v) is 6.12. The van der Waals surface area contributed by atoms with Crippen LogP contribution in [0, 0.1) is 11.6 Å². The van der Waals surface area contributed by atoms with Crippen molar-refractivity contribution in [3.63, 3.8) is 0 Å². The fraction of sp³-hybridized carbons (Fsp3) is 0.231. The molecule has 2 rings (SSSR count). The molecule has 1 unspecified atom stereocenters. The van der Waals surface area contributed by atoms with Gasteiger partial charge in [-0.25, -0.2) is 8.78 Å². The largest absolute Gasteiger partial charge is 0.306 e. The summed E-state index contributed by atoms with van der Waals surface area (Å²) in [5, 5.41) is 5.38. The third-order valence-corrected chi connectivity index (χ3v) is 4.93. The van der Waals surface area contributed by atoms with E-state index in [4.69, 9.17) is 11.6 Å². The first-order valence-corrected chi connectivity index (χ1v) is 7.70. The van der Waals surface area contributed by atoms with Gasteiger partial charge in [-0.05, 0) is 51.6 Å². The van der Waals surface area contributed by atoms with Crippen LogP contribution in [-0.4, -0.2) is 6.54 Å². The van der Waals surface area contributed by atoms with Crippen molar-refractivity contribution < 1.29 is 8.78 Å². The van der Waals surface area contributed by atoms with Gasteiger partial charge in [0.15, 0.2) is 11.6 Å². The van der Waals surface area contributed by atoms with E-state index in [-0.39, 0.29) is 11.1 Å². The van der Waals surface area contributed by atoms with Gasteiger partial charge in [0.1, 0.15) is 0 Å². The Morgan fingerprint density at radius 2 is 2.05 bits per heavy atom. The van der Waals surface area contributed by atoms with Crippen LogP contribution in [0.2, 0.25) is 5.02 Å². The molecular weight excluding hydrogens is 356 g/mol. The molecule has 2 aromatic rings. The highest BCUT2D eigenvalue weighted by molar-refractivity contribution is 9.10. The van der Waals surface area contributed by atoms with Crippen LogP contribution in [-0.2, 0) is 0 Å². The van der Waals surface area contributed by atoms with E-state index in [1.54, 1.807) is 0 Å². The quantitative estimate of drug-likeness (QED) is 0.739. The first-order chi connectivity index (χ1) is 9.04. The van der Waals surface area contributed by atoms with Gasteiger partial charge >= 0.3 is 0 Å². The Kier molecular flexibility index (Phi) is 4.95. The maximum Gasteiger partial charge on any atom is 0.160 e. The molecule has 0 fully saturated rings. The van der Waals surface area contributed by atoms with E-state index in [0.29, 0.717) is 12.1 Å². The van der Waals surface area contributed by atoms with Crippen LogP contribution in [0.15, 0.2) is 28.1 Å². The normalized spacial score (nSPS) is 12.7. The number of thiophene rings is 1. The van der Waals surface area contributed by atoms with E-state index < -0.39 is 11.6 Å². The highest BCUT2D eigenvalue weighted by Gasteiger charge is 2.21. The lowest BCUT2D eigenvalue weighted by molar-refractivity contribution is 0.504. The minimum atomic E-state index is -0.936. The van der Waals surface area contributed by atoms with Gasteiger partial charge in [-0.3, -0.25) is 0 Å². The van der Waals surface area contributed by atoms with Gasteiger partial charge in [-0.2, -0.15) is 0 Å². The third-order valence-electron chi connectivity index (χ3n) is 2.67. The molecule has 1 N–H and O–H groups in total. The Morgan fingerprint density at radius 1 is 1.37 bits per heavy atom. The topological polar surface area (TPSA) is 12.0 Å². The van der Waals surface area contributed by atoms with Crippen LogP contribution < -0.4 is 5.32 Å². The molecule has 102 valence electrons. The summed E-state index contributed by atoms with van der Waals surface area (Å²) in [7, 11) is 0. The monoisotopic (exact) mass is 365 g/mol. The molecule has 6 heteroatoms. The molecule has 0 radical (unpaired) electrons. The highest BCUT2D eigenvalue weighted by atomic mass is 79.9. The molecule has 0 aliphatic heterocycles. The van der Waals surface area contributed by atoms with Crippen molar-refractivity contribution in [1.82, 2.24) is 5.32 Å². The zero-order valence-electron chi connectivity index (χ0n) is 10.0. The summed E-state index contributed by atoms with van der Waals surface area (Å²) < 4.78 is 27.5. The minimum absolute atomic E-state index is 0.213. The van der Waals surface area contributed by atoms with Crippen LogP contribution in [0.4, 0.5) is 8.78 Å². The fourth-order valence-electron chi connectivity index (χ4n) is 1.82. The number of hydrogen-bond acceptors (Lipinski definition) is 2. The van der Waals surface area contributed by atoms with Crippen molar-refractivity contribution in [2.75, 3.05) is 6.54 Å². The lowest BCUT2D eigenvalue weighted by atomic mass is 10.0. The second-order valence-electron chi connectivity index (χ2n) is 3.91. The Hall–Kier alpha value is -0.490.